The predicted molar refractivity (Wildman–Crippen MR) is 69.8 cm³/mol. The molecule has 0 bridgehead atoms. The minimum Gasteiger partial charge on any atom is -0.383 e. The Bertz CT molecular complexity index is 706. The zero-order valence-corrected chi connectivity index (χ0v) is 10.00. The Morgan fingerprint density at radius 1 is 1.53 bits per heavy atom. The number of anilines is 2. The van der Waals surface area contributed by atoms with Gasteiger partial charge in [-0.25, -0.2) is 9.97 Å². The van der Waals surface area contributed by atoms with Crippen LogP contribution in [0, 0.1) is 23.2 Å². The van der Waals surface area contributed by atoms with E-state index in [1.165, 1.54) is 0 Å². The van der Waals surface area contributed by atoms with E-state index in [0.717, 1.165) is 10.8 Å². The number of fused-ring (bicyclic) bond motifs is 1. The molecule has 1 aliphatic carbocycles. The van der Waals surface area contributed by atoms with Crippen LogP contribution in [0.1, 0.15) is 6.42 Å². The van der Waals surface area contributed by atoms with Gasteiger partial charge in [0.15, 0.2) is 0 Å². The normalized spacial score (nSPS) is 20.8. The number of amides is 1. The van der Waals surface area contributed by atoms with E-state index in [4.69, 9.17) is 11.0 Å². The SMILES string of the molecule is N#C[C@@H]1C[C@H]1C(=O)Nc1cc2ccnc(N)c2cn1. The molecule has 2 heterocycles. The summed E-state index contributed by atoms with van der Waals surface area (Å²) in [4.78, 5) is 19.9. The van der Waals surface area contributed by atoms with Gasteiger partial charge in [0.25, 0.3) is 0 Å². The Hall–Kier alpha value is -2.68. The summed E-state index contributed by atoms with van der Waals surface area (Å²) in [5.41, 5.74) is 5.73. The molecular weight excluding hydrogens is 242 g/mol. The number of nitrogens with two attached hydrogens (primary N) is 1. The van der Waals surface area contributed by atoms with Crippen LogP contribution in [0.25, 0.3) is 10.8 Å². The first-order valence-electron chi connectivity index (χ1n) is 5.90. The first-order valence-corrected chi connectivity index (χ1v) is 5.90. The van der Waals surface area contributed by atoms with E-state index in [2.05, 4.69) is 21.4 Å². The fourth-order valence-corrected chi connectivity index (χ4v) is 2.00. The molecule has 19 heavy (non-hydrogen) atoms. The standard InChI is InChI=1S/C13H11N5O/c14-5-8-3-9(8)13(19)18-11-4-7-1-2-16-12(15)10(7)6-17-11/h1-2,4,6,8-9H,3H2,(H2,15,16)(H,17,18,19)/t8-,9+/m0/s1. The Morgan fingerprint density at radius 3 is 3.11 bits per heavy atom. The molecule has 1 fully saturated rings. The maximum atomic E-state index is 11.8. The van der Waals surface area contributed by atoms with Crippen molar-refractivity contribution < 1.29 is 4.79 Å². The van der Waals surface area contributed by atoms with Crippen molar-refractivity contribution in [3.05, 3.63) is 24.5 Å². The van der Waals surface area contributed by atoms with E-state index >= 15 is 0 Å². The molecule has 94 valence electrons. The average molecular weight is 253 g/mol. The zero-order valence-electron chi connectivity index (χ0n) is 10.00. The lowest BCUT2D eigenvalue weighted by molar-refractivity contribution is -0.117. The zero-order chi connectivity index (χ0) is 13.4. The van der Waals surface area contributed by atoms with Gasteiger partial charge in [-0.15, -0.1) is 0 Å². The third-order valence-corrected chi connectivity index (χ3v) is 3.22. The first-order chi connectivity index (χ1) is 9.19. The van der Waals surface area contributed by atoms with Crippen molar-refractivity contribution in [2.45, 2.75) is 6.42 Å². The number of carbonyl (C=O) groups excluding carboxylic acids is 1. The van der Waals surface area contributed by atoms with Crippen LogP contribution >= 0.6 is 0 Å². The molecule has 6 nitrogen and oxygen atoms in total. The summed E-state index contributed by atoms with van der Waals surface area (Å²) in [5.74, 6) is 0.368. The summed E-state index contributed by atoms with van der Waals surface area (Å²) in [6, 6.07) is 5.64. The van der Waals surface area contributed by atoms with Gasteiger partial charge in [-0.2, -0.15) is 5.26 Å². The summed E-state index contributed by atoms with van der Waals surface area (Å²) in [5, 5.41) is 13.0. The summed E-state index contributed by atoms with van der Waals surface area (Å²) in [6.45, 7) is 0. The van der Waals surface area contributed by atoms with Gasteiger partial charge < -0.3 is 11.1 Å². The van der Waals surface area contributed by atoms with E-state index in [9.17, 15) is 4.79 Å². The van der Waals surface area contributed by atoms with E-state index in [1.54, 1.807) is 24.5 Å². The Balaban J connectivity index is 1.83. The minimum atomic E-state index is -0.204. The number of nitrogen functional groups attached to an aromatic ring is 1. The fraction of sp³-hybridized carbons (Fsp3) is 0.231. The van der Waals surface area contributed by atoms with Gasteiger partial charge in [0.2, 0.25) is 5.91 Å². The molecule has 0 radical (unpaired) electrons. The largest absolute Gasteiger partial charge is 0.383 e. The van der Waals surface area contributed by atoms with Gasteiger partial charge in [0.05, 0.1) is 17.9 Å². The van der Waals surface area contributed by atoms with Crippen LogP contribution in [-0.4, -0.2) is 15.9 Å². The number of aromatic nitrogens is 2. The third kappa shape index (κ3) is 2.06. The van der Waals surface area contributed by atoms with Gasteiger partial charge in [0, 0.05) is 17.8 Å². The summed E-state index contributed by atoms with van der Waals surface area (Å²) < 4.78 is 0. The molecular formula is C13H11N5O. The molecule has 6 heteroatoms. The van der Waals surface area contributed by atoms with Crippen molar-refractivity contribution in [3.63, 3.8) is 0 Å². The quantitative estimate of drug-likeness (QED) is 0.839. The second-order valence-electron chi connectivity index (χ2n) is 4.55. The molecule has 0 spiro atoms. The number of nitriles is 1. The highest BCUT2D eigenvalue weighted by Gasteiger charge is 2.43. The monoisotopic (exact) mass is 253 g/mol. The van der Waals surface area contributed by atoms with Gasteiger partial charge in [-0.05, 0) is 23.9 Å². The molecule has 3 N–H and O–H groups in total. The lowest BCUT2D eigenvalue weighted by Crippen LogP contribution is -2.15. The van der Waals surface area contributed by atoms with Crippen molar-refractivity contribution in [2.75, 3.05) is 11.1 Å². The molecule has 0 aliphatic heterocycles. The number of pyridine rings is 2. The van der Waals surface area contributed by atoms with Crippen LogP contribution in [0.2, 0.25) is 0 Å². The molecule has 2 atom stereocenters. The molecule has 1 aliphatic rings. The number of rotatable bonds is 2. The van der Waals surface area contributed by atoms with Crippen molar-refractivity contribution in [2.24, 2.45) is 11.8 Å². The lowest BCUT2D eigenvalue weighted by Gasteiger charge is -2.05. The highest BCUT2D eigenvalue weighted by molar-refractivity contribution is 5.97. The lowest BCUT2D eigenvalue weighted by atomic mass is 10.2. The van der Waals surface area contributed by atoms with Crippen molar-refractivity contribution in [1.29, 1.82) is 5.26 Å². The summed E-state index contributed by atoms with van der Waals surface area (Å²) in [7, 11) is 0. The maximum absolute atomic E-state index is 11.8. The summed E-state index contributed by atoms with van der Waals surface area (Å²) >= 11 is 0. The number of hydrogen-bond acceptors (Lipinski definition) is 5. The van der Waals surface area contributed by atoms with E-state index in [1.807, 2.05) is 0 Å². The second kappa shape index (κ2) is 4.21. The topological polar surface area (TPSA) is 105 Å². The van der Waals surface area contributed by atoms with E-state index < -0.39 is 0 Å². The Kier molecular flexibility index (Phi) is 2.53. The maximum Gasteiger partial charge on any atom is 0.230 e. The smallest absolute Gasteiger partial charge is 0.230 e. The molecule has 2 aromatic rings. The van der Waals surface area contributed by atoms with Crippen LogP contribution < -0.4 is 11.1 Å². The third-order valence-electron chi connectivity index (χ3n) is 3.22. The molecule has 1 amide bonds. The molecule has 3 rings (SSSR count). The average Bonchev–Trinajstić information content (AvgIpc) is 3.18. The number of nitrogens with zero attached hydrogens (tertiary/aromatic N) is 3. The van der Waals surface area contributed by atoms with Gasteiger partial charge in [0.1, 0.15) is 11.6 Å². The van der Waals surface area contributed by atoms with Crippen LogP contribution in [0.5, 0.6) is 0 Å². The molecule has 2 aromatic heterocycles. The van der Waals surface area contributed by atoms with Crippen molar-refractivity contribution >= 4 is 28.3 Å². The first kappa shape index (κ1) is 11.4. The van der Waals surface area contributed by atoms with Gasteiger partial charge in [-0.1, -0.05) is 0 Å². The number of carbonyl (C=O) groups is 1. The molecule has 1 saturated carbocycles. The van der Waals surface area contributed by atoms with Crippen LogP contribution in [0.3, 0.4) is 0 Å². The predicted octanol–water partition coefficient (Wildman–Crippen LogP) is 1.31. The van der Waals surface area contributed by atoms with Crippen LogP contribution in [0.15, 0.2) is 24.5 Å². The molecule has 0 aromatic carbocycles. The van der Waals surface area contributed by atoms with Crippen molar-refractivity contribution in [3.8, 4) is 6.07 Å². The Labute approximate surface area is 109 Å². The second-order valence-corrected chi connectivity index (χ2v) is 4.55. The minimum absolute atomic E-state index is 0.152. The summed E-state index contributed by atoms with van der Waals surface area (Å²) in [6.07, 6.45) is 3.82. The molecule has 0 saturated heterocycles. The van der Waals surface area contributed by atoms with Crippen molar-refractivity contribution in [1.82, 2.24) is 9.97 Å². The van der Waals surface area contributed by atoms with E-state index in [0.29, 0.717) is 18.1 Å². The van der Waals surface area contributed by atoms with Gasteiger partial charge >= 0.3 is 0 Å². The van der Waals surface area contributed by atoms with Crippen LogP contribution in [0.4, 0.5) is 11.6 Å². The molecule has 0 unspecified atom stereocenters. The Morgan fingerprint density at radius 2 is 2.37 bits per heavy atom. The van der Waals surface area contributed by atoms with E-state index in [-0.39, 0.29) is 17.7 Å². The fourth-order valence-electron chi connectivity index (χ4n) is 2.00. The number of nitrogens with one attached hydrogen (secondary N) is 1. The highest BCUT2D eigenvalue weighted by atomic mass is 16.2. The van der Waals surface area contributed by atoms with Crippen LogP contribution in [-0.2, 0) is 4.79 Å². The highest BCUT2D eigenvalue weighted by Crippen LogP contribution is 2.38. The van der Waals surface area contributed by atoms with Gasteiger partial charge in [-0.3, -0.25) is 4.79 Å². The number of hydrogen-bond donors (Lipinski definition) is 2.